The van der Waals surface area contributed by atoms with Gasteiger partial charge in [-0.1, -0.05) is 12.1 Å². The van der Waals surface area contributed by atoms with E-state index < -0.39 is 0 Å². The van der Waals surface area contributed by atoms with Crippen LogP contribution in [-0.4, -0.2) is 65.1 Å². The van der Waals surface area contributed by atoms with Crippen molar-refractivity contribution in [1.82, 2.24) is 9.80 Å². The molecule has 1 heterocycles. The number of aryl methyl sites for hydroxylation is 1. The number of piperazine rings is 1. The van der Waals surface area contributed by atoms with Crippen LogP contribution in [0.25, 0.3) is 12.2 Å². The van der Waals surface area contributed by atoms with Gasteiger partial charge < -0.3 is 24.7 Å². The molecule has 2 N–H and O–H groups in total. The molecule has 2 aromatic carbocycles. The van der Waals surface area contributed by atoms with Gasteiger partial charge in [-0.2, -0.15) is 0 Å². The monoisotopic (exact) mass is 422 g/mol. The molecule has 1 saturated heterocycles. The largest absolute Gasteiger partial charge is 0.508 e. The quantitative estimate of drug-likeness (QED) is 0.724. The van der Waals surface area contributed by atoms with Gasteiger partial charge >= 0.3 is 0 Å². The van der Waals surface area contributed by atoms with Gasteiger partial charge in [0, 0.05) is 38.3 Å². The summed E-state index contributed by atoms with van der Waals surface area (Å²) >= 11 is 0. The summed E-state index contributed by atoms with van der Waals surface area (Å²) in [5.74, 6) is 0.375. The molecule has 0 saturated carbocycles. The van der Waals surface area contributed by atoms with Gasteiger partial charge in [0.1, 0.15) is 5.75 Å². The zero-order valence-corrected chi connectivity index (χ0v) is 17.6. The molecule has 1 aliphatic rings. The van der Waals surface area contributed by atoms with Gasteiger partial charge in [0.15, 0.2) is 11.5 Å². The summed E-state index contributed by atoms with van der Waals surface area (Å²) in [6, 6.07) is 10.0. The second kappa shape index (κ2) is 9.84. The lowest BCUT2D eigenvalue weighted by atomic mass is 10.1. The van der Waals surface area contributed by atoms with Crippen LogP contribution in [0, 0.1) is 6.92 Å². The highest BCUT2D eigenvalue weighted by Gasteiger charge is 2.21. The van der Waals surface area contributed by atoms with Crippen molar-refractivity contribution in [2.24, 2.45) is 0 Å². The first-order valence-electron chi connectivity index (χ1n) is 9.98. The molecule has 0 atom stereocenters. The summed E-state index contributed by atoms with van der Waals surface area (Å²) in [5.41, 5.74) is 2.33. The number of phenolic OH excluding ortho intramolecular Hbond substituents is 2. The molecule has 0 unspecified atom stereocenters. The van der Waals surface area contributed by atoms with E-state index in [4.69, 9.17) is 4.74 Å². The molecule has 0 radical (unpaired) electrons. The third-order valence-corrected chi connectivity index (χ3v) is 5.16. The minimum atomic E-state index is -0.130. The molecule has 7 nitrogen and oxygen atoms in total. The Morgan fingerprint density at radius 3 is 1.81 bits per heavy atom. The fourth-order valence-corrected chi connectivity index (χ4v) is 3.27. The molecule has 162 valence electrons. The van der Waals surface area contributed by atoms with Crippen LogP contribution >= 0.6 is 0 Å². The first kappa shape index (κ1) is 22.0. The van der Waals surface area contributed by atoms with Crippen molar-refractivity contribution < 1.29 is 24.5 Å². The third kappa shape index (κ3) is 5.66. The van der Waals surface area contributed by atoms with Gasteiger partial charge in [-0.15, -0.1) is 0 Å². The standard InChI is InChI=1S/C24H26N2O5/c1-17-15-18(3-7-20(17)27)5-9-23(29)25-11-13-26(14-12-25)24(30)10-6-19-4-8-21(28)22(16-19)31-2/h3-10,15-16,27-28H,11-14H2,1-2H3/b9-5+,10-6+. The van der Waals surface area contributed by atoms with Gasteiger partial charge in [-0.05, 0) is 60.0 Å². The van der Waals surface area contributed by atoms with Crippen LogP contribution < -0.4 is 4.74 Å². The molecule has 1 aliphatic heterocycles. The Bertz CT molecular complexity index is 1020. The zero-order chi connectivity index (χ0) is 22.4. The van der Waals surface area contributed by atoms with Crippen molar-refractivity contribution in [2.45, 2.75) is 6.92 Å². The van der Waals surface area contributed by atoms with Crippen molar-refractivity contribution in [3.05, 3.63) is 65.2 Å². The first-order chi connectivity index (χ1) is 14.9. The second-order valence-corrected chi connectivity index (χ2v) is 7.29. The summed E-state index contributed by atoms with van der Waals surface area (Å²) in [7, 11) is 1.47. The predicted molar refractivity (Wildman–Crippen MR) is 119 cm³/mol. The summed E-state index contributed by atoms with van der Waals surface area (Å²) in [6.45, 7) is 3.64. The number of carbonyl (C=O) groups is 2. The van der Waals surface area contributed by atoms with E-state index in [2.05, 4.69) is 0 Å². The Balaban J connectivity index is 1.52. The Labute approximate surface area is 181 Å². The Kier molecular flexibility index (Phi) is 6.97. The van der Waals surface area contributed by atoms with Crippen molar-refractivity contribution in [3.8, 4) is 17.2 Å². The van der Waals surface area contributed by atoms with Crippen LogP contribution in [0.3, 0.4) is 0 Å². The average molecular weight is 422 g/mol. The number of hydrogen-bond acceptors (Lipinski definition) is 5. The van der Waals surface area contributed by atoms with E-state index in [1.54, 1.807) is 53.1 Å². The van der Waals surface area contributed by atoms with Crippen molar-refractivity contribution in [2.75, 3.05) is 33.3 Å². The van der Waals surface area contributed by atoms with E-state index in [0.29, 0.717) is 31.9 Å². The van der Waals surface area contributed by atoms with E-state index in [-0.39, 0.29) is 23.3 Å². The van der Waals surface area contributed by atoms with E-state index in [9.17, 15) is 19.8 Å². The number of rotatable bonds is 5. The van der Waals surface area contributed by atoms with Crippen LogP contribution in [0.2, 0.25) is 0 Å². The number of hydrogen-bond donors (Lipinski definition) is 2. The number of benzene rings is 2. The maximum absolute atomic E-state index is 12.5. The van der Waals surface area contributed by atoms with Crippen LogP contribution in [0.5, 0.6) is 17.2 Å². The number of carbonyl (C=O) groups excluding carboxylic acids is 2. The second-order valence-electron chi connectivity index (χ2n) is 7.29. The van der Waals surface area contributed by atoms with Gasteiger partial charge in [-0.3, -0.25) is 9.59 Å². The lowest BCUT2D eigenvalue weighted by Gasteiger charge is -2.33. The summed E-state index contributed by atoms with van der Waals surface area (Å²) in [4.78, 5) is 28.3. The smallest absolute Gasteiger partial charge is 0.246 e. The molecular formula is C24H26N2O5. The first-order valence-corrected chi connectivity index (χ1v) is 9.98. The molecular weight excluding hydrogens is 396 g/mol. The number of methoxy groups -OCH3 is 1. The Hall–Kier alpha value is -3.74. The van der Waals surface area contributed by atoms with Gasteiger partial charge in [0.2, 0.25) is 11.8 Å². The average Bonchev–Trinajstić information content (AvgIpc) is 2.79. The molecule has 0 spiro atoms. The minimum absolute atomic E-state index is 0.0429. The Morgan fingerprint density at radius 1 is 0.839 bits per heavy atom. The van der Waals surface area contributed by atoms with Crippen molar-refractivity contribution >= 4 is 24.0 Å². The maximum Gasteiger partial charge on any atom is 0.246 e. The number of aromatic hydroxyl groups is 2. The Morgan fingerprint density at radius 2 is 1.32 bits per heavy atom. The van der Waals surface area contributed by atoms with E-state index >= 15 is 0 Å². The lowest BCUT2D eigenvalue weighted by molar-refractivity contribution is -0.133. The van der Waals surface area contributed by atoms with Gasteiger partial charge in [0.25, 0.3) is 0 Å². The molecule has 2 amide bonds. The molecule has 31 heavy (non-hydrogen) atoms. The molecule has 0 aliphatic carbocycles. The number of amides is 2. The summed E-state index contributed by atoms with van der Waals surface area (Å²) < 4.78 is 5.07. The van der Waals surface area contributed by atoms with E-state index in [0.717, 1.165) is 16.7 Å². The van der Waals surface area contributed by atoms with E-state index in [1.165, 1.54) is 25.3 Å². The molecule has 0 bridgehead atoms. The molecule has 7 heteroatoms. The zero-order valence-electron chi connectivity index (χ0n) is 17.6. The van der Waals surface area contributed by atoms with Gasteiger partial charge in [-0.25, -0.2) is 0 Å². The molecule has 3 rings (SSSR count). The van der Waals surface area contributed by atoms with Crippen LogP contribution in [0.1, 0.15) is 16.7 Å². The number of nitrogens with zero attached hydrogens (tertiary/aromatic N) is 2. The van der Waals surface area contributed by atoms with Crippen LogP contribution in [-0.2, 0) is 9.59 Å². The molecule has 0 aromatic heterocycles. The maximum atomic E-state index is 12.5. The topological polar surface area (TPSA) is 90.3 Å². The number of phenols is 2. The summed E-state index contributed by atoms with van der Waals surface area (Å²) in [6.07, 6.45) is 6.39. The van der Waals surface area contributed by atoms with Crippen molar-refractivity contribution in [3.63, 3.8) is 0 Å². The lowest BCUT2D eigenvalue weighted by Crippen LogP contribution is -2.49. The predicted octanol–water partition coefficient (Wildman–Crippen LogP) is 2.81. The van der Waals surface area contributed by atoms with Crippen LogP contribution in [0.15, 0.2) is 48.6 Å². The third-order valence-electron chi connectivity index (χ3n) is 5.16. The highest BCUT2D eigenvalue weighted by Crippen LogP contribution is 2.26. The summed E-state index contributed by atoms with van der Waals surface area (Å²) in [5, 5.41) is 19.2. The highest BCUT2D eigenvalue weighted by atomic mass is 16.5. The van der Waals surface area contributed by atoms with Crippen molar-refractivity contribution in [1.29, 1.82) is 0 Å². The fourth-order valence-electron chi connectivity index (χ4n) is 3.27. The minimum Gasteiger partial charge on any atom is -0.508 e. The van der Waals surface area contributed by atoms with E-state index in [1.807, 2.05) is 6.07 Å². The molecule has 1 fully saturated rings. The normalized spacial score (nSPS) is 14.4. The SMILES string of the molecule is COc1cc(/C=C/C(=O)N2CCN(C(=O)/C=C/c3ccc(O)c(C)c3)CC2)ccc1O. The van der Waals surface area contributed by atoms with Crippen LogP contribution in [0.4, 0.5) is 0 Å². The number of ether oxygens (including phenoxy) is 1. The van der Waals surface area contributed by atoms with Gasteiger partial charge in [0.05, 0.1) is 7.11 Å². The molecule has 2 aromatic rings. The highest BCUT2D eigenvalue weighted by molar-refractivity contribution is 5.93. The fraction of sp³-hybridized carbons (Fsp3) is 0.250.